The second-order valence-electron chi connectivity index (χ2n) is 6.92. The Morgan fingerprint density at radius 3 is 2.71 bits per heavy atom. The fourth-order valence-electron chi connectivity index (χ4n) is 3.35. The first-order valence-electron chi connectivity index (χ1n) is 8.81. The maximum Gasteiger partial charge on any atom is 0.249 e. The average Bonchev–Trinajstić information content (AvgIpc) is 3.38. The molecule has 0 aliphatic heterocycles. The van der Waals surface area contributed by atoms with Crippen LogP contribution in [-0.4, -0.2) is 27.6 Å². The van der Waals surface area contributed by atoms with Crippen molar-refractivity contribution in [1.82, 2.24) is 20.5 Å². The van der Waals surface area contributed by atoms with Crippen molar-refractivity contribution >= 4 is 5.91 Å². The quantitative estimate of drug-likeness (QED) is 0.913. The van der Waals surface area contributed by atoms with Crippen molar-refractivity contribution in [3.63, 3.8) is 0 Å². The summed E-state index contributed by atoms with van der Waals surface area (Å²) in [6, 6.07) is 3.78. The second-order valence-corrected chi connectivity index (χ2v) is 6.92. The van der Waals surface area contributed by atoms with Crippen LogP contribution in [0.3, 0.4) is 0 Å². The van der Waals surface area contributed by atoms with Crippen molar-refractivity contribution < 1.29 is 9.21 Å². The Morgan fingerprint density at radius 1 is 1.17 bits per heavy atom. The Hall–Kier alpha value is -2.24. The van der Waals surface area contributed by atoms with Crippen LogP contribution in [0.4, 0.5) is 0 Å². The lowest BCUT2D eigenvalue weighted by Crippen LogP contribution is -2.32. The van der Waals surface area contributed by atoms with Gasteiger partial charge < -0.3 is 9.73 Å². The van der Waals surface area contributed by atoms with Crippen LogP contribution in [0.25, 0.3) is 11.5 Å². The molecular formula is C18H22N4O2. The van der Waals surface area contributed by atoms with E-state index >= 15 is 0 Å². The number of carbonyl (C=O) groups excluding carboxylic acids is 1. The number of nitrogens with one attached hydrogen (secondary N) is 1. The molecule has 2 aliphatic rings. The van der Waals surface area contributed by atoms with Crippen molar-refractivity contribution in [3.8, 4) is 11.5 Å². The minimum absolute atomic E-state index is 0.245. The van der Waals surface area contributed by atoms with E-state index < -0.39 is 0 Å². The summed E-state index contributed by atoms with van der Waals surface area (Å²) in [5.74, 6) is 2.72. The molecule has 0 atom stereocenters. The molecule has 1 amide bonds. The highest BCUT2D eigenvalue weighted by Crippen LogP contribution is 2.36. The van der Waals surface area contributed by atoms with Gasteiger partial charge in [-0.05, 0) is 56.6 Å². The lowest BCUT2D eigenvalue weighted by molar-refractivity contribution is -0.122. The zero-order valence-electron chi connectivity index (χ0n) is 13.6. The standard InChI is InChI=1S/C18H22N4O2/c23-16(13-7-8-13)20-10-12-3-5-14(6-4-12)17-21-22-18(24-17)15-2-1-9-19-11-15/h1-2,9,11-14H,3-8,10H2,(H,20,23). The zero-order chi connectivity index (χ0) is 16.4. The molecule has 2 heterocycles. The van der Waals surface area contributed by atoms with Gasteiger partial charge in [0.2, 0.25) is 17.7 Å². The molecule has 0 bridgehead atoms. The normalized spacial score (nSPS) is 23.8. The summed E-state index contributed by atoms with van der Waals surface area (Å²) in [4.78, 5) is 15.8. The molecule has 1 N–H and O–H groups in total. The van der Waals surface area contributed by atoms with Crippen molar-refractivity contribution in [1.29, 1.82) is 0 Å². The Labute approximate surface area is 141 Å². The number of hydrogen-bond acceptors (Lipinski definition) is 5. The van der Waals surface area contributed by atoms with E-state index in [4.69, 9.17) is 4.42 Å². The number of carbonyl (C=O) groups is 1. The predicted molar refractivity (Wildman–Crippen MR) is 88.0 cm³/mol. The number of aromatic nitrogens is 3. The molecule has 2 saturated carbocycles. The van der Waals surface area contributed by atoms with E-state index in [9.17, 15) is 4.79 Å². The second kappa shape index (κ2) is 6.71. The van der Waals surface area contributed by atoms with Crippen LogP contribution in [-0.2, 0) is 4.79 Å². The van der Waals surface area contributed by atoms with Gasteiger partial charge in [0, 0.05) is 30.8 Å². The highest BCUT2D eigenvalue weighted by atomic mass is 16.4. The number of nitrogens with zero attached hydrogens (tertiary/aromatic N) is 3. The van der Waals surface area contributed by atoms with Crippen LogP contribution in [0.5, 0.6) is 0 Å². The maximum absolute atomic E-state index is 11.7. The van der Waals surface area contributed by atoms with Gasteiger partial charge in [-0.3, -0.25) is 9.78 Å². The van der Waals surface area contributed by atoms with Crippen LogP contribution >= 0.6 is 0 Å². The first kappa shape index (κ1) is 15.3. The number of hydrogen-bond donors (Lipinski definition) is 1. The summed E-state index contributed by atoms with van der Waals surface area (Å²) < 4.78 is 5.85. The van der Waals surface area contributed by atoms with Gasteiger partial charge in [0.05, 0.1) is 5.56 Å². The molecule has 0 spiro atoms. The SMILES string of the molecule is O=C(NCC1CCC(c2nnc(-c3cccnc3)o2)CC1)C1CC1. The molecule has 6 heteroatoms. The van der Waals surface area contributed by atoms with Gasteiger partial charge in [-0.25, -0.2) is 0 Å². The Bertz CT molecular complexity index is 688. The first-order chi connectivity index (χ1) is 11.8. The van der Waals surface area contributed by atoms with Gasteiger partial charge in [-0.15, -0.1) is 10.2 Å². The molecule has 6 nitrogen and oxygen atoms in total. The van der Waals surface area contributed by atoms with Gasteiger partial charge in [-0.2, -0.15) is 0 Å². The van der Waals surface area contributed by atoms with Crippen LogP contribution in [0.15, 0.2) is 28.9 Å². The summed E-state index contributed by atoms with van der Waals surface area (Å²) in [7, 11) is 0. The summed E-state index contributed by atoms with van der Waals surface area (Å²) in [5, 5.41) is 11.5. The molecule has 126 valence electrons. The molecule has 24 heavy (non-hydrogen) atoms. The fourth-order valence-corrected chi connectivity index (χ4v) is 3.35. The van der Waals surface area contributed by atoms with E-state index in [0.717, 1.165) is 56.5 Å². The molecule has 0 aromatic carbocycles. The molecular weight excluding hydrogens is 304 g/mol. The van der Waals surface area contributed by atoms with Crippen molar-refractivity contribution in [3.05, 3.63) is 30.4 Å². The van der Waals surface area contributed by atoms with E-state index in [0.29, 0.717) is 23.6 Å². The zero-order valence-corrected chi connectivity index (χ0v) is 13.6. The number of amides is 1. The summed E-state index contributed by atoms with van der Waals surface area (Å²) in [6.07, 6.45) is 9.86. The fraction of sp³-hybridized carbons (Fsp3) is 0.556. The molecule has 0 saturated heterocycles. The molecule has 2 aliphatic carbocycles. The average molecular weight is 326 g/mol. The Morgan fingerprint density at radius 2 is 2.00 bits per heavy atom. The third-order valence-electron chi connectivity index (χ3n) is 5.06. The van der Waals surface area contributed by atoms with Crippen molar-refractivity contribution in [2.45, 2.75) is 44.4 Å². The van der Waals surface area contributed by atoms with Crippen LogP contribution in [0, 0.1) is 11.8 Å². The van der Waals surface area contributed by atoms with Crippen LogP contribution in [0.2, 0.25) is 0 Å². The highest BCUT2D eigenvalue weighted by Gasteiger charge is 2.31. The van der Waals surface area contributed by atoms with Gasteiger partial charge in [-0.1, -0.05) is 0 Å². The van der Waals surface area contributed by atoms with Crippen molar-refractivity contribution in [2.75, 3.05) is 6.54 Å². The third-order valence-corrected chi connectivity index (χ3v) is 5.06. The minimum atomic E-state index is 0.245. The topological polar surface area (TPSA) is 80.9 Å². The largest absolute Gasteiger partial charge is 0.420 e. The van der Waals surface area contributed by atoms with E-state index in [1.54, 1.807) is 12.4 Å². The van der Waals surface area contributed by atoms with E-state index in [2.05, 4.69) is 20.5 Å². The van der Waals surface area contributed by atoms with Gasteiger partial charge in [0.25, 0.3) is 0 Å². The highest BCUT2D eigenvalue weighted by molar-refractivity contribution is 5.80. The monoisotopic (exact) mass is 326 g/mol. The van der Waals surface area contributed by atoms with Gasteiger partial charge in [0.1, 0.15) is 0 Å². The molecule has 2 aromatic heterocycles. The predicted octanol–water partition coefficient (Wildman–Crippen LogP) is 2.93. The molecule has 4 rings (SSSR count). The Balaban J connectivity index is 1.29. The number of rotatable bonds is 5. The van der Waals surface area contributed by atoms with Gasteiger partial charge >= 0.3 is 0 Å². The Kier molecular flexibility index (Phi) is 4.28. The smallest absolute Gasteiger partial charge is 0.249 e. The van der Waals surface area contributed by atoms with E-state index in [1.165, 1.54) is 0 Å². The summed E-state index contributed by atoms with van der Waals surface area (Å²) in [5.41, 5.74) is 0.854. The van der Waals surface area contributed by atoms with E-state index in [1.807, 2.05) is 12.1 Å². The third kappa shape index (κ3) is 3.47. The summed E-state index contributed by atoms with van der Waals surface area (Å²) in [6.45, 7) is 0.812. The maximum atomic E-state index is 11.7. The molecule has 0 unspecified atom stereocenters. The van der Waals surface area contributed by atoms with Crippen molar-refractivity contribution in [2.24, 2.45) is 11.8 Å². The van der Waals surface area contributed by atoms with Crippen LogP contribution < -0.4 is 5.32 Å². The lowest BCUT2D eigenvalue weighted by atomic mass is 9.82. The molecule has 0 radical (unpaired) electrons. The molecule has 2 aromatic rings. The van der Waals surface area contributed by atoms with Crippen LogP contribution in [0.1, 0.15) is 50.3 Å². The minimum Gasteiger partial charge on any atom is -0.420 e. The van der Waals surface area contributed by atoms with Gasteiger partial charge in [0.15, 0.2) is 0 Å². The molecule has 2 fully saturated rings. The summed E-state index contributed by atoms with van der Waals surface area (Å²) >= 11 is 0. The number of pyridine rings is 1. The van der Waals surface area contributed by atoms with E-state index in [-0.39, 0.29) is 5.91 Å². The first-order valence-corrected chi connectivity index (χ1v) is 8.81. The lowest BCUT2D eigenvalue weighted by Gasteiger charge is -2.26.